The summed E-state index contributed by atoms with van der Waals surface area (Å²) < 4.78 is 93.0. The van der Waals surface area contributed by atoms with Crippen LogP contribution in [0.5, 0.6) is 0 Å². The lowest BCUT2D eigenvalue weighted by Gasteiger charge is -2.14. The summed E-state index contributed by atoms with van der Waals surface area (Å²) in [5.74, 6) is -3.82. The third-order valence-electron chi connectivity index (χ3n) is 5.59. The molecule has 0 unspecified atom stereocenters. The van der Waals surface area contributed by atoms with Crippen LogP contribution in [0.4, 0.5) is 22.0 Å². The Labute approximate surface area is 202 Å². The van der Waals surface area contributed by atoms with E-state index in [2.05, 4.69) is 10.1 Å². The van der Waals surface area contributed by atoms with Crippen LogP contribution >= 0.6 is 0 Å². The highest BCUT2D eigenvalue weighted by molar-refractivity contribution is 7.91. The molecule has 6 nitrogen and oxygen atoms in total. The van der Waals surface area contributed by atoms with Gasteiger partial charge < -0.3 is 0 Å². The van der Waals surface area contributed by atoms with Gasteiger partial charge in [0.15, 0.2) is 15.7 Å². The van der Waals surface area contributed by atoms with Crippen molar-refractivity contribution >= 4 is 20.6 Å². The minimum absolute atomic E-state index is 0.133. The number of aromatic nitrogens is 3. The van der Waals surface area contributed by atoms with Crippen molar-refractivity contribution in [2.45, 2.75) is 30.8 Å². The second kappa shape index (κ2) is 8.77. The number of halogens is 5. The Morgan fingerprint density at radius 1 is 0.889 bits per heavy atom. The largest absolute Gasteiger partial charge is 0.416 e. The average molecular weight is 523 g/mol. The van der Waals surface area contributed by atoms with Crippen molar-refractivity contribution in [2.24, 2.45) is 0 Å². The standard InChI is InChI=1S/C24H18F5N3O3S/c1-3-36(34,35)20-10-16(14-4-7-17(8-5-14)23(2,25)26)12-30-21(20)32-22(33)19-11-18(24(27,28)29)9-6-15(19)13-31-32/h4-13H,3H2,1-2H3. The van der Waals surface area contributed by atoms with Crippen LogP contribution in [-0.2, 0) is 21.9 Å². The van der Waals surface area contributed by atoms with Crippen molar-refractivity contribution in [1.82, 2.24) is 14.8 Å². The maximum Gasteiger partial charge on any atom is 0.416 e. The summed E-state index contributed by atoms with van der Waals surface area (Å²) >= 11 is 0. The highest BCUT2D eigenvalue weighted by Gasteiger charge is 2.31. The Hall–Kier alpha value is -3.67. The quantitative estimate of drug-likeness (QED) is 0.329. The van der Waals surface area contributed by atoms with Crippen molar-refractivity contribution in [3.63, 3.8) is 0 Å². The third-order valence-corrected chi connectivity index (χ3v) is 7.32. The topological polar surface area (TPSA) is 81.9 Å². The molecule has 2 aromatic carbocycles. The number of hydrogen-bond acceptors (Lipinski definition) is 5. The molecule has 0 saturated heterocycles. The lowest BCUT2D eigenvalue weighted by Crippen LogP contribution is -2.25. The zero-order valence-corrected chi connectivity index (χ0v) is 19.7. The maximum atomic E-state index is 13.5. The lowest BCUT2D eigenvalue weighted by molar-refractivity contribution is -0.137. The van der Waals surface area contributed by atoms with Crippen LogP contribution in [0.25, 0.3) is 27.7 Å². The number of sulfone groups is 1. The summed E-state index contributed by atoms with van der Waals surface area (Å²) in [6.45, 7) is 2.12. The maximum absolute atomic E-state index is 13.5. The summed E-state index contributed by atoms with van der Waals surface area (Å²) in [4.78, 5) is 16.8. The predicted molar refractivity (Wildman–Crippen MR) is 123 cm³/mol. The Morgan fingerprint density at radius 3 is 2.11 bits per heavy atom. The van der Waals surface area contributed by atoms with E-state index >= 15 is 0 Å². The van der Waals surface area contributed by atoms with Gasteiger partial charge in [-0.3, -0.25) is 4.79 Å². The van der Waals surface area contributed by atoms with Gasteiger partial charge in [0.2, 0.25) is 0 Å². The van der Waals surface area contributed by atoms with E-state index in [4.69, 9.17) is 0 Å². The number of alkyl halides is 5. The molecule has 0 N–H and O–H groups in total. The predicted octanol–water partition coefficient (Wildman–Crippen LogP) is 5.37. The van der Waals surface area contributed by atoms with Gasteiger partial charge in [0.05, 0.1) is 22.9 Å². The number of benzene rings is 2. The number of hydrogen-bond donors (Lipinski definition) is 0. The Balaban J connectivity index is 1.91. The summed E-state index contributed by atoms with van der Waals surface area (Å²) in [6, 6.07) is 8.97. The number of pyridine rings is 1. The molecule has 0 aliphatic carbocycles. The number of rotatable bonds is 5. The van der Waals surface area contributed by atoms with Gasteiger partial charge in [-0.25, -0.2) is 22.2 Å². The van der Waals surface area contributed by atoms with Crippen LogP contribution in [0, 0.1) is 0 Å². The summed E-state index contributed by atoms with van der Waals surface area (Å²) in [6.07, 6.45) is -2.32. The van der Waals surface area contributed by atoms with Crippen LogP contribution in [0.2, 0.25) is 0 Å². The van der Waals surface area contributed by atoms with Crippen molar-refractivity contribution in [1.29, 1.82) is 0 Å². The van der Waals surface area contributed by atoms with E-state index in [1.807, 2.05) is 0 Å². The number of nitrogens with zero attached hydrogens (tertiary/aromatic N) is 3. The fraction of sp³-hybridized carbons (Fsp3) is 0.208. The van der Waals surface area contributed by atoms with Gasteiger partial charge in [0.1, 0.15) is 4.90 Å². The molecule has 0 radical (unpaired) electrons. The average Bonchev–Trinajstić information content (AvgIpc) is 2.83. The van der Waals surface area contributed by atoms with E-state index in [1.54, 1.807) is 0 Å². The fourth-order valence-corrected chi connectivity index (χ4v) is 4.60. The molecular weight excluding hydrogens is 505 g/mol. The van der Waals surface area contributed by atoms with E-state index in [0.717, 1.165) is 25.3 Å². The highest BCUT2D eigenvalue weighted by Crippen LogP contribution is 2.32. The normalized spacial score (nSPS) is 12.8. The zero-order chi connectivity index (χ0) is 26.5. The Bertz CT molecular complexity index is 1620. The Kier molecular flexibility index (Phi) is 6.19. The van der Waals surface area contributed by atoms with Crippen molar-refractivity contribution in [3.05, 3.63) is 82.4 Å². The van der Waals surface area contributed by atoms with Gasteiger partial charge in [-0.1, -0.05) is 37.3 Å². The van der Waals surface area contributed by atoms with E-state index in [9.17, 15) is 35.2 Å². The summed E-state index contributed by atoms with van der Waals surface area (Å²) in [5.41, 5.74) is -1.60. The molecule has 4 rings (SSSR count). The second-order valence-electron chi connectivity index (χ2n) is 8.08. The smallest absolute Gasteiger partial charge is 0.267 e. The minimum atomic E-state index is -4.69. The zero-order valence-electron chi connectivity index (χ0n) is 18.8. The molecular formula is C24H18F5N3O3S. The monoisotopic (exact) mass is 523 g/mol. The minimum Gasteiger partial charge on any atom is -0.267 e. The SMILES string of the molecule is CCS(=O)(=O)c1cc(-c2ccc(C(C)(F)F)cc2)cnc1-n1ncc2ccc(C(F)(F)F)cc2c1=O. The molecule has 12 heteroatoms. The highest BCUT2D eigenvalue weighted by atomic mass is 32.2. The van der Waals surface area contributed by atoms with Crippen LogP contribution in [0.15, 0.2) is 70.6 Å². The molecule has 4 aromatic rings. The van der Waals surface area contributed by atoms with E-state index in [-0.39, 0.29) is 38.4 Å². The van der Waals surface area contributed by atoms with Crippen LogP contribution in [-0.4, -0.2) is 28.9 Å². The molecule has 0 fully saturated rings. The first-order valence-corrected chi connectivity index (χ1v) is 12.2. The van der Waals surface area contributed by atoms with Crippen molar-refractivity contribution in [2.75, 3.05) is 5.75 Å². The van der Waals surface area contributed by atoms with E-state index in [0.29, 0.717) is 16.3 Å². The van der Waals surface area contributed by atoms with Gasteiger partial charge in [0.25, 0.3) is 11.5 Å². The van der Waals surface area contributed by atoms with Crippen LogP contribution in [0.3, 0.4) is 0 Å². The molecule has 0 amide bonds. The van der Waals surface area contributed by atoms with Gasteiger partial charge in [-0.15, -0.1) is 0 Å². The van der Waals surface area contributed by atoms with Crippen LogP contribution < -0.4 is 5.56 Å². The summed E-state index contributed by atoms with van der Waals surface area (Å²) in [7, 11) is -4.00. The first-order valence-electron chi connectivity index (χ1n) is 10.5. The van der Waals surface area contributed by atoms with Crippen LogP contribution in [0.1, 0.15) is 25.0 Å². The van der Waals surface area contributed by atoms with Crippen molar-refractivity contribution in [3.8, 4) is 16.9 Å². The van der Waals surface area contributed by atoms with E-state index in [1.165, 1.54) is 43.5 Å². The van der Waals surface area contributed by atoms with Gasteiger partial charge >= 0.3 is 6.18 Å². The first-order chi connectivity index (χ1) is 16.7. The Morgan fingerprint density at radius 2 is 1.53 bits per heavy atom. The van der Waals surface area contributed by atoms with Gasteiger partial charge in [0, 0.05) is 29.6 Å². The molecule has 188 valence electrons. The fourth-order valence-electron chi connectivity index (χ4n) is 3.56. The molecule has 2 aromatic heterocycles. The summed E-state index contributed by atoms with van der Waals surface area (Å²) in [5, 5.41) is 3.75. The first kappa shape index (κ1) is 25.4. The third kappa shape index (κ3) is 4.72. The molecule has 0 atom stereocenters. The van der Waals surface area contributed by atoms with Gasteiger partial charge in [-0.05, 0) is 23.8 Å². The van der Waals surface area contributed by atoms with E-state index < -0.39 is 33.1 Å². The number of fused-ring (bicyclic) bond motifs is 1. The molecule has 0 spiro atoms. The van der Waals surface area contributed by atoms with Crippen molar-refractivity contribution < 1.29 is 30.4 Å². The molecule has 0 bridgehead atoms. The molecule has 0 aliphatic rings. The second-order valence-corrected chi connectivity index (χ2v) is 10.3. The molecule has 36 heavy (non-hydrogen) atoms. The molecule has 0 aliphatic heterocycles. The van der Waals surface area contributed by atoms with Gasteiger partial charge in [-0.2, -0.15) is 23.0 Å². The lowest BCUT2D eigenvalue weighted by atomic mass is 10.0. The molecule has 0 saturated carbocycles. The molecule has 2 heterocycles.